The zero-order valence-corrected chi connectivity index (χ0v) is 12.6. The lowest BCUT2D eigenvalue weighted by molar-refractivity contribution is 0.127. The zero-order chi connectivity index (χ0) is 13.2. The van der Waals surface area contributed by atoms with E-state index in [1.165, 1.54) is 0 Å². The topological polar surface area (TPSA) is 55.4 Å². The first-order chi connectivity index (χ1) is 8.48. The Hall–Kier alpha value is -0.590. The number of aryl methyl sites for hydroxylation is 1. The minimum Gasteiger partial charge on any atom is -0.377 e. The van der Waals surface area contributed by atoms with Crippen molar-refractivity contribution in [3.63, 3.8) is 0 Å². The van der Waals surface area contributed by atoms with Crippen LogP contribution in [0.4, 0.5) is 5.69 Å². The number of sulfonamides is 1. The molecule has 1 heterocycles. The molecule has 1 N–H and O–H groups in total. The molecule has 1 fully saturated rings. The van der Waals surface area contributed by atoms with E-state index in [2.05, 4.69) is 20.7 Å². The first-order valence-electron chi connectivity index (χ1n) is 5.85. The second-order valence-corrected chi connectivity index (χ2v) is 7.01. The van der Waals surface area contributed by atoms with Crippen molar-refractivity contribution in [2.24, 2.45) is 0 Å². The highest BCUT2D eigenvalue weighted by atomic mass is 79.9. The lowest BCUT2D eigenvalue weighted by Crippen LogP contribution is -2.25. The van der Waals surface area contributed by atoms with Crippen molar-refractivity contribution >= 4 is 31.6 Å². The van der Waals surface area contributed by atoms with Crippen molar-refractivity contribution in [1.29, 1.82) is 0 Å². The maximum Gasteiger partial charge on any atom is 0.235 e. The third kappa shape index (κ3) is 3.46. The van der Waals surface area contributed by atoms with Crippen molar-refractivity contribution < 1.29 is 13.2 Å². The summed E-state index contributed by atoms with van der Waals surface area (Å²) < 4.78 is 32.7. The Bertz CT molecular complexity index is 524. The Balaban J connectivity index is 2.09. The predicted octanol–water partition coefficient (Wildman–Crippen LogP) is 2.68. The maximum absolute atomic E-state index is 12.0. The van der Waals surface area contributed by atoms with Crippen LogP contribution in [0, 0.1) is 6.92 Å². The number of rotatable bonds is 4. The van der Waals surface area contributed by atoms with E-state index >= 15 is 0 Å². The number of nitrogens with one attached hydrogen (secondary N) is 1. The van der Waals surface area contributed by atoms with Gasteiger partial charge in [-0.1, -0.05) is 12.1 Å². The fourth-order valence-corrected chi connectivity index (χ4v) is 3.79. The minimum atomic E-state index is -3.36. The lowest BCUT2D eigenvalue weighted by atomic mass is 10.2. The van der Waals surface area contributed by atoms with Gasteiger partial charge in [-0.2, -0.15) is 0 Å². The highest BCUT2D eigenvalue weighted by Crippen LogP contribution is 2.27. The van der Waals surface area contributed by atoms with E-state index in [1.807, 2.05) is 19.1 Å². The molecule has 0 bridgehead atoms. The van der Waals surface area contributed by atoms with Gasteiger partial charge in [0.25, 0.3) is 0 Å². The fraction of sp³-hybridized carbons (Fsp3) is 0.500. The molecule has 1 unspecified atom stereocenters. The molecule has 2 rings (SSSR count). The van der Waals surface area contributed by atoms with Gasteiger partial charge >= 0.3 is 0 Å². The average Bonchev–Trinajstić information content (AvgIpc) is 2.76. The zero-order valence-electron chi connectivity index (χ0n) is 10.1. The molecule has 0 aliphatic carbocycles. The Kier molecular flexibility index (Phi) is 4.29. The summed E-state index contributed by atoms with van der Waals surface area (Å²) in [6.07, 6.45) is 1.58. The molecule has 1 aliphatic rings. The van der Waals surface area contributed by atoms with Crippen molar-refractivity contribution in [3.8, 4) is 0 Å². The standard InChI is InChI=1S/C12H16BrNO3S/c1-9-4-2-6-11(12(9)13)14-18(15,16)8-10-5-3-7-17-10/h2,4,6,10,14H,3,5,7-8H2,1H3. The van der Waals surface area contributed by atoms with Gasteiger partial charge in [-0.05, 0) is 47.3 Å². The second kappa shape index (κ2) is 5.59. The summed E-state index contributed by atoms with van der Waals surface area (Å²) in [7, 11) is -3.36. The van der Waals surface area contributed by atoms with Crippen LogP contribution < -0.4 is 4.72 Å². The normalized spacial score (nSPS) is 20.0. The maximum atomic E-state index is 12.0. The number of hydrogen-bond donors (Lipinski definition) is 1. The summed E-state index contributed by atoms with van der Waals surface area (Å²) in [5.41, 5.74) is 1.57. The van der Waals surface area contributed by atoms with Crippen LogP contribution in [0.1, 0.15) is 18.4 Å². The van der Waals surface area contributed by atoms with Gasteiger partial charge in [-0.3, -0.25) is 4.72 Å². The summed E-state index contributed by atoms with van der Waals surface area (Å²) in [6, 6.07) is 5.48. The number of hydrogen-bond acceptors (Lipinski definition) is 3. The Labute approximate surface area is 116 Å². The first-order valence-corrected chi connectivity index (χ1v) is 8.30. The molecule has 100 valence electrons. The van der Waals surface area contributed by atoms with E-state index in [0.717, 1.165) is 22.9 Å². The van der Waals surface area contributed by atoms with Crippen LogP contribution in [0.25, 0.3) is 0 Å². The van der Waals surface area contributed by atoms with Crippen LogP contribution >= 0.6 is 15.9 Å². The van der Waals surface area contributed by atoms with Crippen molar-refractivity contribution in [1.82, 2.24) is 0 Å². The van der Waals surface area contributed by atoms with Crippen LogP contribution in [-0.2, 0) is 14.8 Å². The van der Waals surface area contributed by atoms with Crippen LogP contribution in [0.5, 0.6) is 0 Å². The molecular weight excluding hydrogens is 318 g/mol. The van der Waals surface area contributed by atoms with E-state index in [1.54, 1.807) is 6.07 Å². The molecule has 0 spiro atoms. The van der Waals surface area contributed by atoms with Crippen molar-refractivity contribution in [2.45, 2.75) is 25.9 Å². The van der Waals surface area contributed by atoms with Gasteiger partial charge in [0.15, 0.2) is 0 Å². The largest absolute Gasteiger partial charge is 0.377 e. The van der Waals surface area contributed by atoms with Gasteiger partial charge in [-0.15, -0.1) is 0 Å². The Morgan fingerprint density at radius 1 is 1.50 bits per heavy atom. The lowest BCUT2D eigenvalue weighted by Gasteiger charge is -2.13. The van der Waals surface area contributed by atoms with E-state index in [4.69, 9.17) is 4.74 Å². The molecule has 18 heavy (non-hydrogen) atoms. The van der Waals surface area contributed by atoms with Gasteiger partial charge < -0.3 is 4.74 Å². The smallest absolute Gasteiger partial charge is 0.235 e. The molecule has 6 heteroatoms. The monoisotopic (exact) mass is 333 g/mol. The quantitative estimate of drug-likeness (QED) is 0.921. The molecule has 0 radical (unpaired) electrons. The van der Waals surface area contributed by atoms with Crippen LogP contribution in [-0.4, -0.2) is 26.9 Å². The van der Waals surface area contributed by atoms with Gasteiger partial charge in [0, 0.05) is 11.1 Å². The molecule has 1 aromatic rings. The van der Waals surface area contributed by atoms with Crippen LogP contribution in [0.3, 0.4) is 0 Å². The van der Waals surface area contributed by atoms with Gasteiger partial charge in [0.05, 0.1) is 17.5 Å². The average molecular weight is 334 g/mol. The fourth-order valence-electron chi connectivity index (χ4n) is 1.96. The van der Waals surface area contributed by atoms with Crippen molar-refractivity contribution in [2.75, 3.05) is 17.1 Å². The van der Waals surface area contributed by atoms with Gasteiger partial charge in [0.2, 0.25) is 10.0 Å². The molecule has 4 nitrogen and oxygen atoms in total. The molecule has 0 amide bonds. The van der Waals surface area contributed by atoms with E-state index in [0.29, 0.717) is 12.3 Å². The number of benzene rings is 1. The van der Waals surface area contributed by atoms with Crippen LogP contribution in [0.15, 0.2) is 22.7 Å². The highest BCUT2D eigenvalue weighted by molar-refractivity contribution is 9.10. The SMILES string of the molecule is Cc1cccc(NS(=O)(=O)CC2CCCO2)c1Br. The molecule has 0 saturated carbocycles. The number of anilines is 1. The predicted molar refractivity (Wildman–Crippen MR) is 75.3 cm³/mol. The van der Waals surface area contributed by atoms with E-state index in [9.17, 15) is 8.42 Å². The molecule has 0 aromatic heterocycles. The Morgan fingerprint density at radius 2 is 2.28 bits per heavy atom. The third-order valence-electron chi connectivity index (χ3n) is 2.89. The third-order valence-corrected chi connectivity index (χ3v) is 5.28. The molecular formula is C12H16BrNO3S. The summed E-state index contributed by atoms with van der Waals surface area (Å²) in [5.74, 6) is 0.0212. The summed E-state index contributed by atoms with van der Waals surface area (Å²) in [6.45, 7) is 2.58. The molecule has 1 saturated heterocycles. The van der Waals surface area contributed by atoms with Gasteiger partial charge in [0.1, 0.15) is 0 Å². The number of halogens is 1. The van der Waals surface area contributed by atoms with Crippen molar-refractivity contribution in [3.05, 3.63) is 28.2 Å². The minimum absolute atomic E-state index is 0.0212. The number of ether oxygens (including phenoxy) is 1. The highest BCUT2D eigenvalue weighted by Gasteiger charge is 2.23. The summed E-state index contributed by atoms with van der Waals surface area (Å²) in [5, 5.41) is 0. The molecule has 1 atom stereocenters. The second-order valence-electron chi connectivity index (χ2n) is 4.45. The molecule has 1 aromatic carbocycles. The summed E-state index contributed by atoms with van der Waals surface area (Å²) in [4.78, 5) is 0. The Morgan fingerprint density at radius 3 is 2.94 bits per heavy atom. The van der Waals surface area contributed by atoms with Crippen LogP contribution in [0.2, 0.25) is 0 Å². The summed E-state index contributed by atoms with van der Waals surface area (Å²) >= 11 is 3.39. The van der Waals surface area contributed by atoms with Gasteiger partial charge in [-0.25, -0.2) is 8.42 Å². The van der Waals surface area contributed by atoms with E-state index in [-0.39, 0.29) is 11.9 Å². The van der Waals surface area contributed by atoms with E-state index < -0.39 is 10.0 Å². The molecule has 1 aliphatic heterocycles. The first kappa shape index (κ1) is 13.8.